The summed E-state index contributed by atoms with van der Waals surface area (Å²) in [6.07, 6.45) is 2.23. The minimum atomic E-state index is -2.98. The van der Waals surface area contributed by atoms with Crippen molar-refractivity contribution in [1.29, 1.82) is 0 Å². The number of rotatable bonds is 3. The highest BCUT2D eigenvalue weighted by atomic mass is 35.5. The molecule has 1 heterocycles. The zero-order chi connectivity index (χ0) is 14.8. The van der Waals surface area contributed by atoms with Crippen molar-refractivity contribution in [1.82, 2.24) is 5.32 Å². The molecule has 0 aliphatic carbocycles. The fraction of sp³-hybridized carbons (Fsp3) is 0.357. The molecule has 2 rings (SSSR count). The number of benzene rings is 1. The zero-order valence-electron chi connectivity index (χ0n) is 11.1. The van der Waals surface area contributed by atoms with Gasteiger partial charge in [-0.15, -0.1) is 0 Å². The molecule has 0 bridgehead atoms. The zero-order valence-corrected chi connectivity index (χ0v) is 12.7. The van der Waals surface area contributed by atoms with Gasteiger partial charge in [0.2, 0.25) is 5.91 Å². The lowest BCUT2D eigenvalue weighted by Gasteiger charge is -2.11. The molecular weight excluding hydrogens is 298 g/mol. The predicted octanol–water partition coefficient (Wildman–Crippen LogP) is 2.05. The van der Waals surface area contributed by atoms with E-state index >= 15 is 0 Å². The summed E-state index contributed by atoms with van der Waals surface area (Å²) < 4.78 is 22.7. The Bertz CT molecular complexity index is 635. The number of carbonyl (C=O) groups excluding carboxylic acids is 1. The Kier molecular flexibility index (Phi) is 4.50. The third-order valence-electron chi connectivity index (χ3n) is 3.18. The van der Waals surface area contributed by atoms with Crippen molar-refractivity contribution in [2.75, 3.05) is 11.5 Å². The van der Waals surface area contributed by atoms with E-state index in [1.54, 1.807) is 25.1 Å². The van der Waals surface area contributed by atoms with Crippen molar-refractivity contribution < 1.29 is 13.2 Å². The molecule has 6 heteroatoms. The molecule has 0 spiro atoms. The Morgan fingerprint density at radius 1 is 1.35 bits per heavy atom. The maximum Gasteiger partial charge on any atom is 0.247 e. The third kappa shape index (κ3) is 4.08. The second kappa shape index (κ2) is 5.97. The van der Waals surface area contributed by atoms with Crippen LogP contribution < -0.4 is 5.32 Å². The van der Waals surface area contributed by atoms with Crippen molar-refractivity contribution in [2.24, 2.45) is 0 Å². The number of hydrogen-bond acceptors (Lipinski definition) is 3. The molecule has 108 valence electrons. The smallest absolute Gasteiger partial charge is 0.247 e. The molecule has 0 saturated carbocycles. The van der Waals surface area contributed by atoms with Gasteiger partial charge in [-0.1, -0.05) is 23.7 Å². The lowest BCUT2D eigenvalue weighted by Crippen LogP contribution is -2.35. The topological polar surface area (TPSA) is 63.2 Å². The quantitative estimate of drug-likeness (QED) is 0.869. The first-order valence-corrected chi connectivity index (χ1v) is 8.51. The van der Waals surface area contributed by atoms with Crippen molar-refractivity contribution in [3.05, 3.63) is 40.4 Å². The first kappa shape index (κ1) is 15.1. The molecule has 4 nitrogen and oxygen atoms in total. The molecule has 0 radical (unpaired) electrons. The molecule has 1 unspecified atom stereocenters. The number of hydrogen-bond donors (Lipinski definition) is 1. The maximum atomic E-state index is 12.0. The van der Waals surface area contributed by atoms with Crippen LogP contribution in [0, 0.1) is 0 Å². The van der Waals surface area contributed by atoms with Gasteiger partial charge in [-0.05, 0) is 37.1 Å². The van der Waals surface area contributed by atoms with Crippen molar-refractivity contribution in [3.8, 4) is 0 Å². The van der Waals surface area contributed by atoms with E-state index in [0.29, 0.717) is 17.0 Å². The van der Waals surface area contributed by atoms with Gasteiger partial charge in [0.1, 0.15) is 0 Å². The van der Waals surface area contributed by atoms with Gasteiger partial charge in [-0.2, -0.15) is 0 Å². The van der Waals surface area contributed by atoms with Crippen LogP contribution in [0.15, 0.2) is 29.8 Å². The first-order valence-electron chi connectivity index (χ1n) is 6.31. The van der Waals surface area contributed by atoms with Gasteiger partial charge in [-0.3, -0.25) is 4.79 Å². The number of carbonyl (C=O) groups is 1. The summed E-state index contributed by atoms with van der Waals surface area (Å²) in [5, 5.41) is 3.39. The summed E-state index contributed by atoms with van der Waals surface area (Å²) >= 11 is 5.79. The van der Waals surface area contributed by atoms with Gasteiger partial charge in [-0.25, -0.2) is 8.42 Å². The summed E-state index contributed by atoms with van der Waals surface area (Å²) in [5.74, 6) is -0.0488. The largest absolute Gasteiger partial charge is 0.349 e. The number of nitrogens with one attached hydrogen (secondary N) is 1. The standard InChI is InChI=1S/C14H16ClNO3S/c1-10(8-11-2-4-12(15)5-3-11)14(17)16-13-6-7-20(18,19)9-13/h2-5,8,13H,6-7,9H2,1H3,(H,16,17)/b10-8+. The van der Waals surface area contributed by atoms with E-state index in [0.717, 1.165) is 5.56 Å². The van der Waals surface area contributed by atoms with Gasteiger partial charge in [0.15, 0.2) is 9.84 Å². The average molecular weight is 314 g/mol. The highest BCUT2D eigenvalue weighted by Crippen LogP contribution is 2.14. The normalized spacial score (nSPS) is 21.7. The van der Waals surface area contributed by atoms with Crippen molar-refractivity contribution >= 4 is 33.4 Å². The van der Waals surface area contributed by atoms with Gasteiger partial charge >= 0.3 is 0 Å². The molecule has 1 N–H and O–H groups in total. The minimum Gasteiger partial charge on any atom is -0.349 e. The van der Waals surface area contributed by atoms with E-state index in [9.17, 15) is 13.2 Å². The molecule has 1 fully saturated rings. The number of sulfone groups is 1. The third-order valence-corrected chi connectivity index (χ3v) is 5.20. The number of halogens is 1. The fourth-order valence-electron chi connectivity index (χ4n) is 2.08. The van der Waals surface area contributed by atoms with Gasteiger partial charge < -0.3 is 5.32 Å². The van der Waals surface area contributed by atoms with Crippen LogP contribution >= 0.6 is 11.6 Å². The Hall–Kier alpha value is -1.33. The Labute approximate surface area is 123 Å². The molecular formula is C14H16ClNO3S. The lowest BCUT2D eigenvalue weighted by atomic mass is 10.1. The summed E-state index contributed by atoms with van der Waals surface area (Å²) in [7, 11) is -2.98. The van der Waals surface area contributed by atoms with Crippen LogP contribution in [0.1, 0.15) is 18.9 Å². The second-order valence-corrected chi connectivity index (χ2v) is 7.62. The van der Waals surface area contributed by atoms with Crippen molar-refractivity contribution in [2.45, 2.75) is 19.4 Å². The van der Waals surface area contributed by atoms with Crippen LogP contribution in [0.4, 0.5) is 0 Å². The molecule has 1 atom stereocenters. The summed E-state index contributed by atoms with van der Waals surface area (Å²) in [4.78, 5) is 12.0. The van der Waals surface area contributed by atoms with Crippen molar-refractivity contribution in [3.63, 3.8) is 0 Å². The average Bonchev–Trinajstić information content (AvgIpc) is 2.71. The van der Waals surface area contributed by atoms with E-state index in [1.807, 2.05) is 12.1 Å². The minimum absolute atomic E-state index is 0.0347. The van der Waals surface area contributed by atoms with Crippen LogP contribution in [0.25, 0.3) is 6.08 Å². The SMILES string of the molecule is C/C(=C\c1ccc(Cl)cc1)C(=O)NC1CCS(=O)(=O)C1. The Morgan fingerprint density at radius 2 is 2.00 bits per heavy atom. The van der Waals surface area contributed by atoms with E-state index < -0.39 is 9.84 Å². The molecule has 1 amide bonds. The first-order chi connectivity index (χ1) is 9.35. The van der Waals surface area contributed by atoms with E-state index in [4.69, 9.17) is 11.6 Å². The van der Waals surface area contributed by atoms with Gasteiger partial charge in [0.25, 0.3) is 0 Å². The summed E-state index contributed by atoms with van der Waals surface area (Å²) in [6.45, 7) is 1.70. The molecule has 1 aromatic carbocycles. The van der Waals surface area contributed by atoms with Crippen LogP contribution in [0.5, 0.6) is 0 Å². The van der Waals surface area contributed by atoms with Crippen LogP contribution in [-0.2, 0) is 14.6 Å². The molecule has 0 aromatic heterocycles. The predicted molar refractivity (Wildman–Crippen MR) is 80.3 cm³/mol. The molecule has 1 aliphatic heterocycles. The molecule has 1 aromatic rings. The van der Waals surface area contributed by atoms with E-state index in [2.05, 4.69) is 5.32 Å². The Balaban J connectivity index is 2.00. The second-order valence-electron chi connectivity index (χ2n) is 4.95. The summed E-state index contributed by atoms with van der Waals surface area (Å²) in [5.41, 5.74) is 1.41. The van der Waals surface area contributed by atoms with Crippen LogP contribution in [-0.4, -0.2) is 31.9 Å². The molecule has 1 saturated heterocycles. The monoisotopic (exact) mass is 313 g/mol. The van der Waals surface area contributed by atoms with Gasteiger partial charge in [0, 0.05) is 16.6 Å². The number of amides is 1. The van der Waals surface area contributed by atoms with E-state index in [1.165, 1.54) is 0 Å². The highest BCUT2D eigenvalue weighted by Gasteiger charge is 2.28. The van der Waals surface area contributed by atoms with Crippen LogP contribution in [0.3, 0.4) is 0 Å². The maximum absolute atomic E-state index is 12.0. The Morgan fingerprint density at radius 3 is 2.55 bits per heavy atom. The molecule has 1 aliphatic rings. The highest BCUT2D eigenvalue weighted by molar-refractivity contribution is 7.91. The summed E-state index contributed by atoms with van der Waals surface area (Å²) in [6, 6.07) is 6.86. The fourth-order valence-corrected chi connectivity index (χ4v) is 3.88. The molecule has 20 heavy (non-hydrogen) atoms. The van der Waals surface area contributed by atoms with E-state index in [-0.39, 0.29) is 23.5 Å². The van der Waals surface area contributed by atoms with Gasteiger partial charge in [0.05, 0.1) is 11.5 Å². The van der Waals surface area contributed by atoms with Crippen LogP contribution in [0.2, 0.25) is 5.02 Å². The lowest BCUT2D eigenvalue weighted by molar-refractivity contribution is -0.117.